The van der Waals surface area contributed by atoms with Crippen LogP contribution in [0.5, 0.6) is 5.75 Å². The first-order chi connectivity index (χ1) is 18.4. The molecule has 2 unspecified atom stereocenters. The second-order valence-electron chi connectivity index (χ2n) is 9.53. The molecular weight excluding hydrogens is 476 g/mol. The summed E-state index contributed by atoms with van der Waals surface area (Å²) in [5.41, 5.74) is 10.9. The minimum absolute atomic E-state index is 0.128. The molecule has 2 aromatic heterocycles. The number of nitrogens with two attached hydrogens (primary N) is 1. The van der Waals surface area contributed by atoms with Crippen LogP contribution in [0.25, 0.3) is 5.69 Å². The van der Waals surface area contributed by atoms with Crippen LogP contribution in [-0.2, 0) is 6.42 Å². The number of nitrogens with zero attached hydrogens (tertiary/aromatic N) is 3. The first-order valence-corrected chi connectivity index (χ1v) is 13.2. The zero-order valence-electron chi connectivity index (χ0n) is 22.2. The van der Waals surface area contributed by atoms with Crippen LogP contribution in [0, 0.1) is 6.92 Å². The molecule has 0 bridgehead atoms. The molecule has 200 valence electrons. The van der Waals surface area contributed by atoms with Gasteiger partial charge in [-0.1, -0.05) is 43.2 Å². The van der Waals surface area contributed by atoms with Gasteiger partial charge in [0.25, 0.3) is 0 Å². The Morgan fingerprint density at radius 1 is 1.21 bits per heavy atom. The Hall–Kier alpha value is -4.04. The van der Waals surface area contributed by atoms with Crippen LogP contribution in [0.4, 0.5) is 11.6 Å². The molecule has 0 spiro atoms. The van der Waals surface area contributed by atoms with Gasteiger partial charge >= 0.3 is 0 Å². The van der Waals surface area contributed by atoms with E-state index in [9.17, 15) is 5.11 Å². The predicted octanol–water partition coefficient (Wildman–Crippen LogP) is 5.41. The quantitative estimate of drug-likeness (QED) is 0.178. The second-order valence-corrected chi connectivity index (χ2v) is 9.53. The summed E-state index contributed by atoms with van der Waals surface area (Å²) in [5.74, 6) is 1.83. The first-order valence-electron chi connectivity index (χ1n) is 13.2. The summed E-state index contributed by atoms with van der Waals surface area (Å²) >= 11 is 0. The fraction of sp³-hybridized carbons (Fsp3) is 0.333. The highest BCUT2D eigenvalue weighted by Gasteiger charge is 2.21. The standard InChI is InChI=1S/C30H38N6O2/c1-4-6-8-22-18-23(12-15-27(22)38-26-16-17-32-28(31)20-26)33-30(37)34-29-19-24(9-7-5-2)35-36(29)25-13-10-21(3)11-14-25/h4,10-14,16-20,27,30,33-34,37H,1,5-9,15H2,2-3H3,(H2,31,32). The highest BCUT2D eigenvalue weighted by molar-refractivity contribution is 5.47. The average Bonchev–Trinajstić information content (AvgIpc) is 3.30. The monoisotopic (exact) mass is 514 g/mol. The maximum absolute atomic E-state index is 10.9. The number of ether oxygens (including phenoxy) is 1. The van der Waals surface area contributed by atoms with Gasteiger partial charge in [-0.05, 0) is 62.5 Å². The maximum Gasteiger partial charge on any atom is 0.203 e. The Kier molecular flexibility index (Phi) is 9.21. The lowest BCUT2D eigenvalue weighted by Crippen LogP contribution is -2.37. The number of unbranched alkanes of at least 4 members (excludes halogenated alkanes) is 1. The first kappa shape index (κ1) is 27.0. The molecule has 0 fully saturated rings. The molecule has 2 heterocycles. The van der Waals surface area contributed by atoms with E-state index in [0.29, 0.717) is 18.0 Å². The maximum atomic E-state index is 10.9. The molecule has 0 saturated heterocycles. The van der Waals surface area contributed by atoms with Crippen molar-refractivity contribution in [3.63, 3.8) is 0 Å². The van der Waals surface area contributed by atoms with E-state index in [0.717, 1.165) is 60.6 Å². The summed E-state index contributed by atoms with van der Waals surface area (Å²) in [7, 11) is 0. The van der Waals surface area contributed by atoms with Gasteiger partial charge < -0.3 is 26.2 Å². The third-order valence-electron chi connectivity index (χ3n) is 6.39. The van der Waals surface area contributed by atoms with Crippen molar-refractivity contribution in [1.82, 2.24) is 20.1 Å². The Bertz CT molecular complexity index is 1280. The molecule has 1 aliphatic rings. The minimum Gasteiger partial charge on any atom is -0.486 e. The Labute approximate surface area is 224 Å². The molecule has 0 amide bonds. The summed E-state index contributed by atoms with van der Waals surface area (Å²) in [4.78, 5) is 4.03. The number of nitrogen functional groups attached to an aromatic ring is 1. The van der Waals surface area contributed by atoms with Crippen molar-refractivity contribution in [2.45, 2.75) is 64.8 Å². The third-order valence-corrected chi connectivity index (χ3v) is 6.39. The fourth-order valence-electron chi connectivity index (χ4n) is 4.36. The Morgan fingerprint density at radius 3 is 2.76 bits per heavy atom. The van der Waals surface area contributed by atoms with Gasteiger partial charge in [-0.15, -0.1) is 6.58 Å². The number of aliphatic hydroxyl groups excluding tert-OH is 1. The van der Waals surface area contributed by atoms with Crippen molar-refractivity contribution in [1.29, 1.82) is 0 Å². The fourth-order valence-corrected chi connectivity index (χ4v) is 4.36. The summed E-state index contributed by atoms with van der Waals surface area (Å²) in [5, 5.41) is 22.1. The smallest absolute Gasteiger partial charge is 0.203 e. The molecular formula is C30H38N6O2. The van der Waals surface area contributed by atoms with Gasteiger partial charge in [0, 0.05) is 30.4 Å². The number of nitrogens with one attached hydrogen (secondary N) is 2. The summed E-state index contributed by atoms with van der Waals surface area (Å²) in [6, 6.07) is 13.7. The van der Waals surface area contributed by atoms with Crippen LogP contribution >= 0.6 is 0 Å². The average molecular weight is 515 g/mol. The van der Waals surface area contributed by atoms with Crippen molar-refractivity contribution in [2.75, 3.05) is 11.1 Å². The SMILES string of the molecule is C=CCCC1=CC(NC(O)Nc2cc(CCCC)nn2-c2ccc(C)cc2)=CCC1Oc1ccnc(N)c1. The number of rotatable bonds is 13. The van der Waals surface area contributed by atoms with Crippen LogP contribution in [-0.4, -0.2) is 32.3 Å². The Balaban J connectivity index is 1.47. The van der Waals surface area contributed by atoms with Gasteiger partial charge in [0.05, 0.1) is 11.4 Å². The molecule has 8 nitrogen and oxygen atoms in total. The van der Waals surface area contributed by atoms with Gasteiger partial charge in [0.1, 0.15) is 23.5 Å². The van der Waals surface area contributed by atoms with E-state index >= 15 is 0 Å². The highest BCUT2D eigenvalue weighted by Crippen LogP contribution is 2.27. The normalized spacial score (nSPS) is 15.8. The highest BCUT2D eigenvalue weighted by atomic mass is 16.5. The van der Waals surface area contributed by atoms with Crippen LogP contribution < -0.4 is 21.1 Å². The van der Waals surface area contributed by atoms with Gasteiger partial charge in [0.15, 0.2) is 0 Å². The lowest BCUT2D eigenvalue weighted by molar-refractivity contribution is 0.177. The zero-order chi connectivity index (χ0) is 26.9. The summed E-state index contributed by atoms with van der Waals surface area (Å²) < 4.78 is 8.07. The number of hydrogen-bond acceptors (Lipinski definition) is 7. The number of aryl methyl sites for hydroxylation is 2. The molecule has 0 radical (unpaired) electrons. The lowest BCUT2D eigenvalue weighted by Gasteiger charge is -2.27. The largest absolute Gasteiger partial charge is 0.486 e. The van der Waals surface area contributed by atoms with E-state index < -0.39 is 6.35 Å². The van der Waals surface area contributed by atoms with Gasteiger partial charge in [-0.2, -0.15) is 5.10 Å². The van der Waals surface area contributed by atoms with Gasteiger partial charge in [-0.3, -0.25) is 0 Å². The molecule has 38 heavy (non-hydrogen) atoms. The van der Waals surface area contributed by atoms with E-state index in [2.05, 4.69) is 48.2 Å². The molecule has 2 atom stereocenters. The van der Waals surface area contributed by atoms with E-state index in [1.807, 2.05) is 41.1 Å². The lowest BCUT2D eigenvalue weighted by atomic mass is 9.95. The van der Waals surface area contributed by atoms with Crippen LogP contribution in [0.15, 0.2) is 84.7 Å². The van der Waals surface area contributed by atoms with Crippen LogP contribution in [0.3, 0.4) is 0 Å². The molecule has 3 aromatic rings. The number of anilines is 2. The summed E-state index contributed by atoms with van der Waals surface area (Å²) in [6.45, 7) is 8.08. The number of allylic oxidation sites excluding steroid dienone is 2. The molecule has 4 rings (SSSR count). The van der Waals surface area contributed by atoms with Gasteiger partial charge in [-0.25, -0.2) is 9.67 Å². The third kappa shape index (κ3) is 7.26. The molecule has 0 saturated carbocycles. The molecule has 1 aliphatic carbocycles. The Morgan fingerprint density at radius 2 is 2.03 bits per heavy atom. The van der Waals surface area contributed by atoms with E-state index in [4.69, 9.17) is 15.6 Å². The van der Waals surface area contributed by atoms with Crippen molar-refractivity contribution in [3.05, 3.63) is 96.0 Å². The molecule has 8 heteroatoms. The van der Waals surface area contributed by atoms with E-state index in [1.54, 1.807) is 18.3 Å². The van der Waals surface area contributed by atoms with Crippen molar-refractivity contribution < 1.29 is 9.84 Å². The molecule has 5 N–H and O–H groups in total. The second kappa shape index (κ2) is 13.0. The van der Waals surface area contributed by atoms with E-state index in [-0.39, 0.29) is 6.10 Å². The predicted molar refractivity (Wildman–Crippen MR) is 153 cm³/mol. The zero-order valence-corrected chi connectivity index (χ0v) is 22.2. The number of aliphatic hydroxyl groups is 1. The van der Waals surface area contributed by atoms with Crippen molar-refractivity contribution >= 4 is 11.6 Å². The number of aromatic nitrogens is 3. The summed E-state index contributed by atoms with van der Waals surface area (Å²) in [6.07, 6.45) is 11.8. The van der Waals surface area contributed by atoms with Crippen LogP contribution in [0.1, 0.15) is 50.3 Å². The number of hydrogen-bond donors (Lipinski definition) is 4. The molecule has 0 aliphatic heterocycles. The van der Waals surface area contributed by atoms with Crippen molar-refractivity contribution in [3.8, 4) is 11.4 Å². The topological polar surface area (TPSA) is 110 Å². The van der Waals surface area contributed by atoms with Gasteiger partial charge in [0.2, 0.25) is 6.35 Å². The van der Waals surface area contributed by atoms with E-state index in [1.165, 1.54) is 5.56 Å². The van der Waals surface area contributed by atoms with Crippen LogP contribution in [0.2, 0.25) is 0 Å². The molecule has 1 aromatic carbocycles. The number of benzene rings is 1. The van der Waals surface area contributed by atoms with Crippen molar-refractivity contribution in [2.24, 2.45) is 0 Å². The number of pyridine rings is 1. The minimum atomic E-state index is -1.02.